The quantitative estimate of drug-likeness (QED) is 0.666. The van der Waals surface area contributed by atoms with Crippen molar-refractivity contribution in [3.05, 3.63) is 17.4 Å². The molecule has 2 unspecified atom stereocenters. The molecule has 4 aliphatic carbocycles. The second kappa shape index (κ2) is 7.15. The van der Waals surface area contributed by atoms with Crippen LogP contribution in [0.3, 0.4) is 0 Å². The summed E-state index contributed by atoms with van der Waals surface area (Å²) >= 11 is 7.24. The minimum absolute atomic E-state index is 0.191. The molecule has 4 saturated carbocycles. The van der Waals surface area contributed by atoms with E-state index in [9.17, 15) is 13.6 Å². The Balaban J connectivity index is 1.47. The number of nitrogens with zero attached hydrogens (tertiary/aromatic N) is 6. The molecule has 2 aromatic heterocycles. The van der Waals surface area contributed by atoms with Gasteiger partial charge in [0.25, 0.3) is 6.43 Å². The molecule has 4 atom stereocenters. The highest BCUT2D eigenvalue weighted by Crippen LogP contribution is 2.64. The van der Waals surface area contributed by atoms with Crippen LogP contribution < -0.4 is 5.43 Å². The average Bonchev–Trinajstić information content (AvgIpc) is 3.28. The van der Waals surface area contributed by atoms with Gasteiger partial charge < -0.3 is 0 Å². The van der Waals surface area contributed by atoms with Crippen molar-refractivity contribution in [3.8, 4) is 0 Å². The highest BCUT2D eigenvalue weighted by Gasteiger charge is 2.62. The first-order valence-corrected chi connectivity index (χ1v) is 11.5. The molecule has 4 fully saturated rings. The summed E-state index contributed by atoms with van der Waals surface area (Å²) in [5.41, 5.74) is 1.79. The number of hydrogen-bond acceptors (Lipinski definition) is 6. The second-order valence-electron chi connectivity index (χ2n) is 8.77. The number of hydrogen-bond donors (Lipinski definition) is 1. The molecule has 4 aliphatic rings. The molecule has 0 aliphatic heterocycles. The Hall–Kier alpha value is -1.75. The first-order chi connectivity index (χ1) is 14.3. The van der Waals surface area contributed by atoms with Crippen molar-refractivity contribution in [1.82, 2.24) is 29.6 Å². The highest BCUT2D eigenvalue weighted by molar-refractivity contribution is 7.99. The predicted octanol–water partition coefficient (Wildman–Crippen LogP) is 3.64. The van der Waals surface area contributed by atoms with Gasteiger partial charge in [-0.05, 0) is 67.7 Å². The Kier molecular flexibility index (Phi) is 4.81. The zero-order chi connectivity index (χ0) is 21.1. The Morgan fingerprint density at radius 3 is 2.67 bits per heavy atom. The van der Waals surface area contributed by atoms with Crippen molar-refractivity contribution in [2.45, 2.75) is 62.6 Å². The Labute approximate surface area is 181 Å². The van der Waals surface area contributed by atoms with Crippen LogP contribution in [-0.2, 0) is 10.3 Å². The van der Waals surface area contributed by atoms with Crippen LogP contribution in [0.4, 0.5) is 8.78 Å². The Morgan fingerprint density at radius 1 is 1.33 bits per heavy atom. The van der Waals surface area contributed by atoms with E-state index in [1.54, 1.807) is 6.33 Å². The molecule has 4 bridgehead atoms. The minimum Gasteiger partial charge on any atom is -0.273 e. The fourth-order valence-corrected chi connectivity index (χ4v) is 6.94. The molecule has 30 heavy (non-hydrogen) atoms. The van der Waals surface area contributed by atoms with Crippen molar-refractivity contribution < 1.29 is 13.6 Å². The highest BCUT2D eigenvalue weighted by atomic mass is 35.5. The Bertz CT molecular complexity index is 966. The molecular weight excluding hydrogens is 436 g/mol. The number of alkyl halides is 2. The number of carbonyl (C=O) groups excluding carboxylic acids is 1. The summed E-state index contributed by atoms with van der Waals surface area (Å²) in [6.07, 6.45) is 3.87. The molecule has 0 radical (unpaired) electrons. The molecule has 0 spiro atoms. The van der Waals surface area contributed by atoms with Crippen LogP contribution in [0.25, 0.3) is 0 Å². The normalized spacial score (nSPS) is 32.2. The Morgan fingerprint density at radius 2 is 2.07 bits per heavy atom. The van der Waals surface area contributed by atoms with Crippen LogP contribution in [-0.4, -0.2) is 41.3 Å². The third kappa shape index (κ3) is 3.12. The summed E-state index contributed by atoms with van der Waals surface area (Å²) in [5.74, 6) is 0.622. The fraction of sp³-hybridized carbons (Fsp3) is 0.722. The third-order valence-corrected chi connectivity index (χ3v) is 7.79. The molecule has 12 heteroatoms. The summed E-state index contributed by atoms with van der Waals surface area (Å²) in [5, 5.41) is 12.2. The number of aromatic nitrogens is 6. The smallest absolute Gasteiger partial charge is 0.273 e. The van der Waals surface area contributed by atoms with Gasteiger partial charge in [-0.1, -0.05) is 18.7 Å². The van der Waals surface area contributed by atoms with E-state index in [1.165, 1.54) is 11.8 Å². The van der Waals surface area contributed by atoms with Crippen LogP contribution in [0.5, 0.6) is 0 Å². The molecule has 8 nitrogen and oxygen atoms in total. The van der Waals surface area contributed by atoms with Gasteiger partial charge in [0.1, 0.15) is 6.33 Å². The van der Waals surface area contributed by atoms with E-state index in [-0.39, 0.29) is 21.9 Å². The van der Waals surface area contributed by atoms with Crippen LogP contribution >= 0.6 is 23.4 Å². The molecule has 0 saturated heterocycles. The van der Waals surface area contributed by atoms with E-state index in [2.05, 4.69) is 25.7 Å². The van der Waals surface area contributed by atoms with E-state index in [0.29, 0.717) is 24.0 Å². The van der Waals surface area contributed by atoms with Gasteiger partial charge in [-0.15, -0.1) is 15.3 Å². The van der Waals surface area contributed by atoms with Crippen LogP contribution in [0, 0.1) is 17.3 Å². The average molecular weight is 458 g/mol. The van der Waals surface area contributed by atoms with Gasteiger partial charge in [-0.3, -0.25) is 10.2 Å². The molecule has 2 aromatic rings. The van der Waals surface area contributed by atoms with Gasteiger partial charge >= 0.3 is 0 Å². The van der Waals surface area contributed by atoms with E-state index in [0.717, 1.165) is 36.8 Å². The second-order valence-corrected chi connectivity index (χ2v) is 10.3. The lowest BCUT2D eigenvalue weighted by Crippen LogP contribution is -2.60. The zero-order valence-corrected chi connectivity index (χ0v) is 18.0. The van der Waals surface area contributed by atoms with Gasteiger partial charge in [0.2, 0.25) is 22.2 Å². The summed E-state index contributed by atoms with van der Waals surface area (Å²) in [6.45, 7) is 1.89. The topological polar surface area (TPSA) is 90.5 Å². The van der Waals surface area contributed by atoms with E-state index in [1.807, 2.05) is 11.6 Å². The number of thioether (sulfide) groups is 1. The maximum Gasteiger partial charge on any atom is 0.299 e. The minimum atomic E-state index is -2.83. The lowest BCUT2D eigenvalue weighted by Gasteiger charge is -2.60. The first-order valence-electron chi connectivity index (χ1n) is 10.1. The summed E-state index contributed by atoms with van der Waals surface area (Å²) < 4.78 is 29.8. The standard InChI is InChI=1S/C18H22ClF2N7OS/c1-2-30-16-24-23-13(12(20)21)28(16)25-14(29)17-4-10-3-11(5-17)7-18(6-10,8-17)27-9-22-15(19)26-27/h9-12H,2-8H2,1H3,(H,25,29)/t10-,11+,17?,18?. The molecule has 1 amide bonds. The number of amides is 1. The van der Waals surface area contributed by atoms with Gasteiger partial charge in [-0.25, -0.2) is 23.1 Å². The molecule has 2 heterocycles. The number of halogens is 3. The molecular formula is C18H22ClF2N7OS. The number of carbonyl (C=O) groups is 1. The van der Waals surface area contributed by atoms with Crippen molar-refractivity contribution >= 4 is 29.3 Å². The van der Waals surface area contributed by atoms with Crippen molar-refractivity contribution in [1.29, 1.82) is 0 Å². The third-order valence-electron chi connectivity index (χ3n) is 6.80. The summed E-state index contributed by atoms with van der Waals surface area (Å²) in [6, 6.07) is 0. The maximum absolute atomic E-state index is 13.6. The largest absolute Gasteiger partial charge is 0.299 e. The van der Waals surface area contributed by atoms with Crippen molar-refractivity contribution in [2.24, 2.45) is 17.3 Å². The molecule has 1 N–H and O–H groups in total. The lowest BCUT2D eigenvalue weighted by atomic mass is 9.46. The first kappa shape index (κ1) is 20.2. The van der Waals surface area contributed by atoms with E-state index < -0.39 is 17.7 Å². The monoisotopic (exact) mass is 457 g/mol. The summed E-state index contributed by atoms with van der Waals surface area (Å²) in [4.78, 5) is 17.6. The van der Waals surface area contributed by atoms with Crippen LogP contribution in [0.15, 0.2) is 11.5 Å². The number of rotatable bonds is 6. The number of nitrogens with one attached hydrogen (secondary N) is 1. The predicted molar refractivity (Wildman–Crippen MR) is 106 cm³/mol. The van der Waals surface area contributed by atoms with Crippen molar-refractivity contribution in [2.75, 3.05) is 11.2 Å². The SMILES string of the molecule is CCSc1nnc(C(F)F)n1NC(=O)C12C[C@H]3C[C@@H](C1)CC(n1cnc(Cl)n1)(C3)C2. The van der Waals surface area contributed by atoms with Gasteiger partial charge in [-0.2, -0.15) is 0 Å². The molecule has 0 aromatic carbocycles. The van der Waals surface area contributed by atoms with Gasteiger partial charge in [0, 0.05) is 0 Å². The van der Waals surface area contributed by atoms with Crippen LogP contribution in [0.1, 0.15) is 57.7 Å². The van der Waals surface area contributed by atoms with Crippen LogP contribution in [0.2, 0.25) is 5.28 Å². The van der Waals surface area contributed by atoms with E-state index in [4.69, 9.17) is 11.6 Å². The van der Waals surface area contributed by atoms with Gasteiger partial charge in [0.15, 0.2) is 0 Å². The maximum atomic E-state index is 13.6. The fourth-order valence-electron chi connectivity index (χ4n) is 6.19. The zero-order valence-electron chi connectivity index (χ0n) is 16.4. The molecule has 6 rings (SSSR count). The van der Waals surface area contributed by atoms with E-state index >= 15 is 0 Å². The molecule has 162 valence electrons. The lowest BCUT2D eigenvalue weighted by molar-refractivity contribution is -0.151. The van der Waals surface area contributed by atoms with Crippen molar-refractivity contribution in [3.63, 3.8) is 0 Å². The summed E-state index contributed by atoms with van der Waals surface area (Å²) in [7, 11) is 0. The van der Waals surface area contributed by atoms with Gasteiger partial charge in [0.05, 0.1) is 11.0 Å².